The third-order valence-corrected chi connectivity index (χ3v) is 2.36. The number of nitrogens with zero attached hydrogens (tertiary/aromatic N) is 1. The molecule has 0 fully saturated rings. The number of halogens is 2. The molecule has 0 bridgehead atoms. The minimum Gasteiger partial charge on any atom is -0.330 e. The highest BCUT2D eigenvalue weighted by Crippen LogP contribution is 2.17. The van der Waals surface area contributed by atoms with Crippen LogP contribution >= 0.6 is 0 Å². The number of benzene rings is 1. The van der Waals surface area contributed by atoms with Crippen LogP contribution in [0.15, 0.2) is 30.9 Å². The maximum Gasteiger partial charge on any atom is 0.244 e. The molecule has 0 heterocycles. The molecule has 0 atom stereocenters. The van der Waals surface area contributed by atoms with Crippen molar-refractivity contribution in [2.45, 2.75) is 6.92 Å². The number of anilines is 1. The molecule has 0 spiro atoms. The number of carbonyl (C=O) groups is 2. The zero-order valence-corrected chi connectivity index (χ0v) is 10.5. The first-order valence-electron chi connectivity index (χ1n) is 5.56. The first kappa shape index (κ1) is 14.8. The second-order valence-corrected chi connectivity index (χ2v) is 3.83. The van der Waals surface area contributed by atoms with Crippen molar-refractivity contribution in [2.75, 3.05) is 18.4 Å². The van der Waals surface area contributed by atoms with Crippen LogP contribution in [0.1, 0.15) is 6.92 Å². The lowest BCUT2D eigenvalue weighted by Gasteiger charge is -2.18. The van der Waals surface area contributed by atoms with Crippen molar-refractivity contribution in [1.29, 1.82) is 0 Å². The summed E-state index contributed by atoms with van der Waals surface area (Å²) in [6.45, 7) is 4.64. The first-order chi connectivity index (χ1) is 8.95. The number of para-hydroxylation sites is 1. The fourth-order valence-corrected chi connectivity index (χ4v) is 1.43. The highest BCUT2D eigenvalue weighted by molar-refractivity contribution is 5.94. The monoisotopic (exact) mass is 268 g/mol. The van der Waals surface area contributed by atoms with E-state index in [1.165, 1.54) is 24.0 Å². The Kier molecular flexibility index (Phi) is 5.17. The van der Waals surface area contributed by atoms with Gasteiger partial charge in [-0.05, 0) is 12.1 Å². The van der Waals surface area contributed by atoms with Gasteiger partial charge in [-0.15, -0.1) is 6.58 Å². The normalized spacial score (nSPS) is 9.84. The largest absolute Gasteiger partial charge is 0.330 e. The summed E-state index contributed by atoms with van der Waals surface area (Å²) in [7, 11) is 0. The van der Waals surface area contributed by atoms with E-state index >= 15 is 0 Å². The summed E-state index contributed by atoms with van der Waals surface area (Å²) < 4.78 is 26.6. The van der Waals surface area contributed by atoms with Crippen LogP contribution in [0.2, 0.25) is 0 Å². The van der Waals surface area contributed by atoms with Crippen molar-refractivity contribution in [3.05, 3.63) is 42.5 Å². The summed E-state index contributed by atoms with van der Waals surface area (Å²) in [5.74, 6) is -2.75. The fourth-order valence-electron chi connectivity index (χ4n) is 1.43. The average molecular weight is 268 g/mol. The Bertz CT molecular complexity index is 483. The molecule has 0 saturated heterocycles. The predicted octanol–water partition coefficient (Wildman–Crippen LogP) is 1.94. The third kappa shape index (κ3) is 4.17. The Labute approximate surface area is 109 Å². The molecule has 6 heteroatoms. The van der Waals surface area contributed by atoms with Crippen molar-refractivity contribution in [2.24, 2.45) is 0 Å². The van der Waals surface area contributed by atoms with Crippen LogP contribution in [0.3, 0.4) is 0 Å². The van der Waals surface area contributed by atoms with E-state index < -0.39 is 23.2 Å². The molecule has 1 aromatic carbocycles. The van der Waals surface area contributed by atoms with E-state index in [-0.39, 0.29) is 19.0 Å². The molecule has 1 aromatic rings. The molecule has 19 heavy (non-hydrogen) atoms. The Morgan fingerprint density at radius 1 is 1.37 bits per heavy atom. The second kappa shape index (κ2) is 6.63. The van der Waals surface area contributed by atoms with Crippen LogP contribution in [0.4, 0.5) is 14.5 Å². The van der Waals surface area contributed by atoms with Gasteiger partial charge in [0, 0.05) is 13.5 Å². The summed E-state index contributed by atoms with van der Waals surface area (Å²) >= 11 is 0. The zero-order valence-electron chi connectivity index (χ0n) is 10.5. The maximum atomic E-state index is 13.3. The Morgan fingerprint density at radius 2 is 1.95 bits per heavy atom. The molecule has 0 aliphatic carbocycles. The Morgan fingerprint density at radius 3 is 2.42 bits per heavy atom. The van der Waals surface area contributed by atoms with Crippen molar-refractivity contribution in [3.63, 3.8) is 0 Å². The molecule has 0 saturated carbocycles. The fraction of sp³-hybridized carbons (Fsp3) is 0.231. The van der Waals surface area contributed by atoms with Gasteiger partial charge < -0.3 is 10.2 Å². The standard InChI is InChI=1S/C13H14F2N2O2/c1-3-7-17(9(2)18)8-12(19)16-13-10(14)5-4-6-11(13)15/h3-6H,1,7-8H2,2H3,(H,16,19). The number of amides is 2. The van der Waals surface area contributed by atoms with Crippen LogP contribution in [-0.2, 0) is 9.59 Å². The summed E-state index contributed by atoms with van der Waals surface area (Å²) in [6.07, 6.45) is 1.46. The molecule has 0 unspecified atom stereocenters. The number of hydrogen-bond donors (Lipinski definition) is 1. The van der Waals surface area contributed by atoms with Crippen LogP contribution in [0.25, 0.3) is 0 Å². The van der Waals surface area contributed by atoms with Crippen molar-refractivity contribution < 1.29 is 18.4 Å². The zero-order chi connectivity index (χ0) is 14.4. The molecule has 0 aliphatic heterocycles. The van der Waals surface area contributed by atoms with Gasteiger partial charge in [0.25, 0.3) is 0 Å². The van der Waals surface area contributed by atoms with Crippen LogP contribution in [0.5, 0.6) is 0 Å². The van der Waals surface area contributed by atoms with Gasteiger partial charge in [-0.1, -0.05) is 12.1 Å². The van der Waals surface area contributed by atoms with Crippen molar-refractivity contribution in [1.82, 2.24) is 4.90 Å². The minimum absolute atomic E-state index is 0.183. The van der Waals surface area contributed by atoms with Crippen LogP contribution < -0.4 is 5.32 Å². The quantitative estimate of drug-likeness (QED) is 0.830. The van der Waals surface area contributed by atoms with E-state index in [0.29, 0.717) is 0 Å². The molecule has 0 aliphatic rings. The second-order valence-electron chi connectivity index (χ2n) is 3.83. The van der Waals surface area contributed by atoms with Crippen LogP contribution in [0, 0.1) is 11.6 Å². The van der Waals surface area contributed by atoms with E-state index in [0.717, 1.165) is 12.1 Å². The lowest BCUT2D eigenvalue weighted by atomic mass is 10.3. The van der Waals surface area contributed by atoms with Gasteiger partial charge in [0.1, 0.15) is 23.9 Å². The maximum absolute atomic E-state index is 13.3. The Balaban J connectivity index is 2.74. The topological polar surface area (TPSA) is 49.4 Å². The molecular weight excluding hydrogens is 254 g/mol. The highest BCUT2D eigenvalue weighted by atomic mass is 19.1. The average Bonchev–Trinajstić information content (AvgIpc) is 2.33. The molecule has 4 nitrogen and oxygen atoms in total. The number of carbonyl (C=O) groups excluding carboxylic acids is 2. The van der Waals surface area contributed by atoms with Gasteiger partial charge in [0.15, 0.2) is 0 Å². The third-order valence-electron chi connectivity index (χ3n) is 2.36. The number of hydrogen-bond acceptors (Lipinski definition) is 2. The van der Waals surface area contributed by atoms with Gasteiger partial charge in [-0.2, -0.15) is 0 Å². The number of nitrogens with one attached hydrogen (secondary N) is 1. The molecule has 0 aromatic heterocycles. The van der Waals surface area contributed by atoms with E-state index in [9.17, 15) is 18.4 Å². The van der Waals surface area contributed by atoms with Gasteiger partial charge in [-0.3, -0.25) is 9.59 Å². The summed E-state index contributed by atoms with van der Waals surface area (Å²) in [6, 6.07) is 3.26. The first-order valence-corrected chi connectivity index (χ1v) is 5.56. The molecule has 102 valence electrons. The minimum atomic E-state index is -0.869. The highest BCUT2D eigenvalue weighted by Gasteiger charge is 2.15. The van der Waals surface area contributed by atoms with Gasteiger partial charge in [0.2, 0.25) is 11.8 Å². The van der Waals surface area contributed by atoms with E-state index in [2.05, 4.69) is 11.9 Å². The lowest BCUT2D eigenvalue weighted by molar-refractivity contribution is -0.132. The SMILES string of the molecule is C=CCN(CC(=O)Nc1c(F)cccc1F)C(C)=O. The molecule has 1 N–H and O–H groups in total. The van der Waals surface area contributed by atoms with Crippen LogP contribution in [-0.4, -0.2) is 29.8 Å². The van der Waals surface area contributed by atoms with E-state index in [4.69, 9.17) is 0 Å². The lowest BCUT2D eigenvalue weighted by Crippen LogP contribution is -2.36. The Hall–Kier alpha value is -2.24. The summed E-state index contributed by atoms with van der Waals surface area (Å²) in [5, 5.41) is 2.11. The van der Waals surface area contributed by atoms with Gasteiger partial charge >= 0.3 is 0 Å². The summed E-state index contributed by atoms with van der Waals surface area (Å²) in [4.78, 5) is 24.0. The number of rotatable bonds is 5. The summed E-state index contributed by atoms with van der Waals surface area (Å²) in [5.41, 5.74) is -0.519. The van der Waals surface area contributed by atoms with Crippen molar-refractivity contribution >= 4 is 17.5 Å². The smallest absolute Gasteiger partial charge is 0.244 e. The van der Waals surface area contributed by atoms with E-state index in [1.807, 2.05) is 0 Å². The molecular formula is C13H14F2N2O2. The van der Waals surface area contributed by atoms with Gasteiger partial charge in [0.05, 0.1) is 0 Å². The van der Waals surface area contributed by atoms with Gasteiger partial charge in [-0.25, -0.2) is 8.78 Å². The van der Waals surface area contributed by atoms with E-state index in [1.54, 1.807) is 0 Å². The molecule has 0 radical (unpaired) electrons. The van der Waals surface area contributed by atoms with Crippen molar-refractivity contribution in [3.8, 4) is 0 Å². The molecule has 1 rings (SSSR count). The molecule has 2 amide bonds. The predicted molar refractivity (Wildman–Crippen MR) is 67.4 cm³/mol.